The van der Waals surface area contributed by atoms with Gasteiger partial charge in [0.25, 0.3) is 0 Å². The van der Waals surface area contributed by atoms with Crippen LogP contribution in [0.25, 0.3) is 0 Å². The van der Waals surface area contributed by atoms with Crippen molar-refractivity contribution in [1.82, 2.24) is 4.90 Å². The van der Waals surface area contributed by atoms with Crippen molar-refractivity contribution in [2.45, 2.75) is 70.4 Å². The lowest BCUT2D eigenvalue weighted by Crippen LogP contribution is -2.57. The van der Waals surface area contributed by atoms with Crippen LogP contribution in [0.4, 0.5) is 0 Å². The summed E-state index contributed by atoms with van der Waals surface area (Å²) in [7, 11) is 0. The molecule has 2 rings (SSSR count). The summed E-state index contributed by atoms with van der Waals surface area (Å²) >= 11 is 0. The smallest absolute Gasteiger partial charge is 0.0309 e. The fourth-order valence-corrected chi connectivity index (χ4v) is 3.77. The highest BCUT2D eigenvalue weighted by Crippen LogP contribution is 2.31. The molecule has 2 atom stereocenters. The van der Waals surface area contributed by atoms with Crippen LogP contribution in [-0.2, 0) is 6.42 Å². The van der Waals surface area contributed by atoms with E-state index in [1.807, 2.05) is 0 Å². The second kappa shape index (κ2) is 7.95. The Bertz CT molecular complexity index is 401. The van der Waals surface area contributed by atoms with E-state index in [9.17, 15) is 0 Å². The molecule has 1 aliphatic heterocycles. The van der Waals surface area contributed by atoms with Crippen LogP contribution in [0.3, 0.4) is 0 Å². The Morgan fingerprint density at radius 2 is 2.00 bits per heavy atom. The maximum Gasteiger partial charge on any atom is 0.0309 e. The lowest BCUT2D eigenvalue weighted by Gasteiger charge is -2.48. The highest BCUT2D eigenvalue weighted by molar-refractivity contribution is 5.15. The summed E-state index contributed by atoms with van der Waals surface area (Å²) in [4.78, 5) is 2.74. The molecule has 2 N–H and O–H groups in total. The van der Waals surface area contributed by atoms with E-state index in [4.69, 9.17) is 5.73 Å². The Morgan fingerprint density at radius 3 is 2.67 bits per heavy atom. The number of aryl methyl sites for hydroxylation is 1. The second-order valence-corrected chi connectivity index (χ2v) is 6.82. The van der Waals surface area contributed by atoms with Gasteiger partial charge in [0.15, 0.2) is 0 Å². The normalized spacial score (nSPS) is 22.9. The Morgan fingerprint density at radius 1 is 1.24 bits per heavy atom. The van der Waals surface area contributed by atoms with Crippen LogP contribution in [0.15, 0.2) is 30.3 Å². The molecule has 1 aromatic carbocycles. The van der Waals surface area contributed by atoms with E-state index in [0.29, 0.717) is 0 Å². The first kappa shape index (κ1) is 16.5. The van der Waals surface area contributed by atoms with Gasteiger partial charge in [-0.2, -0.15) is 0 Å². The number of hydrogen-bond acceptors (Lipinski definition) is 2. The third-order valence-corrected chi connectivity index (χ3v) is 5.18. The summed E-state index contributed by atoms with van der Waals surface area (Å²) in [6, 6.07) is 11.6. The van der Waals surface area contributed by atoms with Crippen LogP contribution in [-0.4, -0.2) is 29.6 Å². The molecular weight excluding hydrogens is 256 g/mol. The van der Waals surface area contributed by atoms with Crippen molar-refractivity contribution in [2.75, 3.05) is 13.1 Å². The van der Waals surface area contributed by atoms with Gasteiger partial charge in [-0.1, -0.05) is 50.1 Å². The topological polar surface area (TPSA) is 29.3 Å². The SMILES string of the molecule is CCCC1CCCCN1C(C)(CN)CCc1ccccc1. The summed E-state index contributed by atoms with van der Waals surface area (Å²) in [6.07, 6.45) is 8.97. The van der Waals surface area contributed by atoms with E-state index in [2.05, 4.69) is 49.1 Å². The maximum atomic E-state index is 6.22. The van der Waals surface area contributed by atoms with Gasteiger partial charge in [0.2, 0.25) is 0 Å². The maximum absolute atomic E-state index is 6.22. The molecule has 1 aromatic rings. The lowest BCUT2D eigenvalue weighted by molar-refractivity contribution is 0.0237. The summed E-state index contributed by atoms with van der Waals surface area (Å²) < 4.78 is 0. The highest BCUT2D eigenvalue weighted by Gasteiger charge is 2.36. The molecule has 21 heavy (non-hydrogen) atoms. The minimum Gasteiger partial charge on any atom is -0.329 e. The second-order valence-electron chi connectivity index (χ2n) is 6.82. The summed E-state index contributed by atoms with van der Waals surface area (Å²) in [5.41, 5.74) is 7.80. The fraction of sp³-hybridized carbons (Fsp3) is 0.684. The number of hydrogen-bond donors (Lipinski definition) is 1. The predicted molar refractivity (Wildman–Crippen MR) is 91.5 cm³/mol. The average molecular weight is 288 g/mol. The zero-order valence-corrected chi connectivity index (χ0v) is 13.9. The lowest BCUT2D eigenvalue weighted by atomic mass is 9.85. The van der Waals surface area contributed by atoms with Crippen molar-refractivity contribution in [3.8, 4) is 0 Å². The van der Waals surface area contributed by atoms with Crippen molar-refractivity contribution in [3.05, 3.63) is 35.9 Å². The summed E-state index contributed by atoms with van der Waals surface area (Å²) in [5.74, 6) is 0. The molecule has 1 aliphatic rings. The van der Waals surface area contributed by atoms with E-state index in [0.717, 1.165) is 25.4 Å². The van der Waals surface area contributed by atoms with Crippen LogP contribution in [0.5, 0.6) is 0 Å². The van der Waals surface area contributed by atoms with Gasteiger partial charge >= 0.3 is 0 Å². The molecule has 2 nitrogen and oxygen atoms in total. The van der Waals surface area contributed by atoms with E-state index in [-0.39, 0.29) is 5.54 Å². The van der Waals surface area contributed by atoms with Crippen molar-refractivity contribution < 1.29 is 0 Å². The van der Waals surface area contributed by atoms with Gasteiger partial charge in [-0.3, -0.25) is 4.90 Å². The standard InChI is InChI=1S/C19H32N2/c1-3-9-18-12-7-8-15-21(18)19(2,16-20)14-13-17-10-5-4-6-11-17/h4-6,10-11,18H,3,7-9,12-16,20H2,1-2H3. The quantitative estimate of drug-likeness (QED) is 0.822. The Balaban J connectivity index is 2.03. The molecule has 1 heterocycles. The molecule has 1 saturated heterocycles. The molecule has 2 unspecified atom stereocenters. The van der Waals surface area contributed by atoms with Crippen LogP contribution in [0.1, 0.15) is 57.9 Å². The van der Waals surface area contributed by atoms with Gasteiger partial charge < -0.3 is 5.73 Å². The molecule has 1 fully saturated rings. The van der Waals surface area contributed by atoms with Crippen molar-refractivity contribution in [3.63, 3.8) is 0 Å². The molecule has 118 valence electrons. The third kappa shape index (κ3) is 4.31. The molecule has 0 spiro atoms. The number of benzene rings is 1. The first-order valence-electron chi connectivity index (χ1n) is 8.70. The molecular formula is C19H32N2. The van der Waals surface area contributed by atoms with E-state index in [1.54, 1.807) is 0 Å². The number of piperidine rings is 1. The average Bonchev–Trinajstić information content (AvgIpc) is 2.54. The van der Waals surface area contributed by atoms with Gasteiger partial charge in [0.05, 0.1) is 0 Å². The number of nitrogens with two attached hydrogens (primary N) is 1. The number of rotatable bonds is 7. The molecule has 0 saturated carbocycles. The number of likely N-dealkylation sites (tertiary alicyclic amines) is 1. The van der Waals surface area contributed by atoms with Gasteiger partial charge in [0.1, 0.15) is 0 Å². The molecule has 2 heteroatoms. The third-order valence-electron chi connectivity index (χ3n) is 5.18. The molecule has 0 radical (unpaired) electrons. The Labute approximate surface area is 130 Å². The molecule has 0 bridgehead atoms. The largest absolute Gasteiger partial charge is 0.329 e. The first-order valence-corrected chi connectivity index (χ1v) is 8.70. The minimum atomic E-state index is 0.149. The van der Waals surface area contributed by atoms with E-state index in [1.165, 1.54) is 44.2 Å². The van der Waals surface area contributed by atoms with Gasteiger partial charge in [-0.15, -0.1) is 0 Å². The molecule has 0 aromatic heterocycles. The Kier molecular flexibility index (Phi) is 6.25. The van der Waals surface area contributed by atoms with Gasteiger partial charge in [0, 0.05) is 18.1 Å². The zero-order chi connectivity index (χ0) is 15.1. The van der Waals surface area contributed by atoms with Crippen LogP contribution < -0.4 is 5.73 Å². The monoisotopic (exact) mass is 288 g/mol. The van der Waals surface area contributed by atoms with Gasteiger partial charge in [-0.25, -0.2) is 0 Å². The van der Waals surface area contributed by atoms with Gasteiger partial charge in [-0.05, 0) is 51.1 Å². The van der Waals surface area contributed by atoms with Crippen molar-refractivity contribution in [1.29, 1.82) is 0 Å². The molecule has 0 amide bonds. The summed E-state index contributed by atoms with van der Waals surface area (Å²) in [5, 5.41) is 0. The van der Waals surface area contributed by atoms with Crippen molar-refractivity contribution in [2.24, 2.45) is 5.73 Å². The molecule has 0 aliphatic carbocycles. The van der Waals surface area contributed by atoms with Crippen LogP contribution >= 0.6 is 0 Å². The minimum absolute atomic E-state index is 0.149. The van der Waals surface area contributed by atoms with Crippen molar-refractivity contribution >= 4 is 0 Å². The first-order chi connectivity index (χ1) is 10.2. The summed E-state index contributed by atoms with van der Waals surface area (Å²) in [6.45, 7) is 6.67. The Hall–Kier alpha value is -0.860. The van der Waals surface area contributed by atoms with E-state index < -0.39 is 0 Å². The number of nitrogens with zero attached hydrogens (tertiary/aromatic N) is 1. The van der Waals surface area contributed by atoms with E-state index >= 15 is 0 Å². The zero-order valence-electron chi connectivity index (χ0n) is 13.9. The van der Waals surface area contributed by atoms with Crippen LogP contribution in [0.2, 0.25) is 0 Å². The van der Waals surface area contributed by atoms with Crippen LogP contribution in [0, 0.1) is 0 Å². The fourth-order valence-electron chi connectivity index (χ4n) is 3.77. The predicted octanol–water partition coefficient (Wildman–Crippen LogP) is 3.99. The highest BCUT2D eigenvalue weighted by atomic mass is 15.2.